The highest BCUT2D eigenvalue weighted by atomic mass is 16.6. The maximum Gasteiger partial charge on any atom is 0.346 e. The normalized spacial score (nSPS) is 14.4. The molecular formula is C11H11NO5. The standard InChI is InChI=1S/C11H11NO5/c13-11(14)10-8(12(15)16)2-1-3-9(10)17-6-7-4-5-7/h1-3,7H,4-6H2,(H,13,14). The molecule has 0 atom stereocenters. The van der Waals surface area contributed by atoms with Gasteiger partial charge in [-0.1, -0.05) is 6.07 Å². The summed E-state index contributed by atoms with van der Waals surface area (Å²) in [5.41, 5.74) is -0.816. The van der Waals surface area contributed by atoms with E-state index in [-0.39, 0.29) is 11.3 Å². The number of nitrogens with zero attached hydrogens (tertiary/aromatic N) is 1. The van der Waals surface area contributed by atoms with Gasteiger partial charge in [-0.15, -0.1) is 0 Å². The molecule has 0 bridgehead atoms. The fourth-order valence-electron chi connectivity index (χ4n) is 1.50. The molecule has 17 heavy (non-hydrogen) atoms. The van der Waals surface area contributed by atoms with Crippen molar-refractivity contribution in [2.45, 2.75) is 12.8 Å². The lowest BCUT2D eigenvalue weighted by molar-refractivity contribution is -0.385. The highest BCUT2D eigenvalue weighted by Gasteiger charge is 2.27. The quantitative estimate of drug-likeness (QED) is 0.625. The molecule has 0 aromatic heterocycles. The Labute approximate surface area is 97.0 Å². The number of aromatic carboxylic acids is 1. The van der Waals surface area contributed by atoms with Crippen LogP contribution in [0.25, 0.3) is 0 Å². The minimum Gasteiger partial charge on any atom is -0.492 e. The second kappa shape index (κ2) is 4.40. The van der Waals surface area contributed by atoms with Crippen LogP contribution in [0.2, 0.25) is 0 Å². The van der Waals surface area contributed by atoms with Gasteiger partial charge in [0.2, 0.25) is 0 Å². The molecule has 1 aromatic carbocycles. The largest absolute Gasteiger partial charge is 0.492 e. The average Bonchev–Trinajstić information content (AvgIpc) is 3.09. The molecule has 1 saturated carbocycles. The highest BCUT2D eigenvalue weighted by molar-refractivity contribution is 5.95. The predicted molar refractivity (Wildman–Crippen MR) is 58.3 cm³/mol. The summed E-state index contributed by atoms with van der Waals surface area (Å²) in [7, 11) is 0. The number of carboxylic acid groups (broad SMARTS) is 1. The van der Waals surface area contributed by atoms with Gasteiger partial charge in [-0.2, -0.15) is 0 Å². The maximum atomic E-state index is 11.0. The van der Waals surface area contributed by atoms with Gasteiger partial charge >= 0.3 is 5.97 Å². The number of nitro groups is 1. The molecule has 1 aromatic rings. The van der Waals surface area contributed by atoms with Gasteiger partial charge in [-0.05, 0) is 24.8 Å². The first-order valence-electron chi connectivity index (χ1n) is 5.23. The van der Waals surface area contributed by atoms with Gasteiger partial charge < -0.3 is 9.84 Å². The summed E-state index contributed by atoms with van der Waals surface area (Å²) >= 11 is 0. The molecule has 90 valence electrons. The molecule has 6 heteroatoms. The molecule has 0 unspecified atom stereocenters. The molecule has 6 nitrogen and oxygen atoms in total. The van der Waals surface area contributed by atoms with Crippen LogP contribution in [0, 0.1) is 16.0 Å². The molecule has 0 saturated heterocycles. The third-order valence-electron chi connectivity index (χ3n) is 2.59. The minimum absolute atomic E-state index is 0.0681. The summed E-state index contributed by atoms with van der Waals surface area (Å²) in [6.45, 7) is 0.418. The van der Waals surface area contributed by atoms with Crippen molar-refractivity contribution < 1.29 is 19.6 Å². The molecule has 1 fully saturated rings. The predicted octanol–water partition coefficient (Wildman–Crippen LogP) is 2.08. The number of carbonyl (C=O) groups is 1. The molecule has 0 amide bonds. The molecule has 1 aliphatic carbocycles. The van der Waals surface area contributed by atoms with Crippen molar-refractivity contribution in [2.75, 3.05) is 6.61 Å². The topological polar surface area (TPSA) is 89.7 Å². The van der Waals surface area contributed by atoms with E-state index in [1.54, 1.807) is 0 Å². The lowest BCUT2D eigenvalue weighted by Gasteiger charge is -2.08. The summed E-state index contributed by atoms with van der Waals surface area (Å²) in [4.78, 5) is 21.0. The molecule has 0 heterocycles. The number of nitro benzene ring substituents is 1. The zero-order chi connectivity index (χ0) is 12.4. The first-order valence-corrected chi connectivity index (χ1v) is 5.23. The van der Waals surface area contributed by atoms with Crippen LogP contribution < -0.4 is 4.74 Å². The fraction of sp³-hybridized carbons (Fsp3) is 0.364. The van der Waals surface area contributed by atoms with E-state index in [0.717, 1.165) is 18.9 Å². The van der Waals surface area contributed by atoms with Crippen LogP contribution in [0.5, 0.6) is 5.75 Å². The lowest BCUT2D eigenvalue weighted by Crippen LogP contribution is -2.08. The number of rotatable bonds is 5. The van der Waals surface area contributed by atoms with Gasteiger partial charge in [0.05, 0.1) is 11.5 Å². The zero-order valence-electron chi connectivity index (χ0n) is 8.96. The van der Waals surface area contributed by atoms with Crippen LogP contribution in [0.1, 0.15) is 23.2 Å². The van der Waals surface area contributed by atoms with Crippen LogP contribution in [0.4, 0.5) is 5.69 Å². The van der Waals surface area contributed by atoms with E-state index in [4.69, 9.17) is 9.84 Å². The summed E-state index contributed by atoms with van der Waals surface area (Å²) in [6.07, 6.45) is 2.13. The van der Waals surface area contributed by atoms with Crippen molar-refractivity contribution in [3.8, 4) is 5.75 Å². The van der Waals surface area contributed by atoms with Gasteiger partial charge in [0, 0.05) is 6.07 Å². The first kappa shape index (κ1) is 11.4. The smallest absolute Gasteiger partial charge is 0.346 e. The van der Waals surface area contributed by atoms with E-state index < -0.39 is 16.6 Å². The van der Waals surface area contributed by atoms with Gasteiger partial charge in [0.25, 0.3) is 5.69 Å². The summed E-state index contributed by atoms with van der Waals surface area (Å²) in [5.74, 6) is -0.822. The van der Waals surface area contributed by atoms with Crippen molar-refractivity contribution >= 4 is 11.7 Å². The Bertz CT molecular complexity index is 467. The molecule has 0 aliphatic heterocycles. The van der Waals surface area contributed by atoms with Crippen LogP contribution >= 0.6 is 0 Å². The SMILES string of the molecule is O=C(O)c1c(OCC2CC2)cccc1[N+](=O)[O-]. The maximum absolute atomic E-state index is 11.0. The van der Waals surface area contributed by atoms with Crippen molar-refractivity contribution in [2.24, 2.45) is 5.92 Å². The third-order valence-corrected chi connectivity index (χ3v) is 2.59. The Balaban J connectivity index is 2.31. The Morgan fingerprint density at radius 2 is 2.24 bits per heavy atom. The number of hydrogen-bond acceptors (Lipinski definition) is 4. The number of ether oxygens (including phenoxy) is 1. The first-order chi connectivity index (χ1) is 8.09. The molecule has 1 N–H and O–H groups in total. The van der Waals surface area contributed by atoms with Gasteiger partial charge in [-0.25, -0.2) is 4.79 Å². The number of hydrogen-bond donors (Lipinski definition) is 1. The van der Waals surface area contributed by atoms with Crippen molar-refractivity contribution in [1.29, 1.82) is 0 Å². The molecular weight excluding hydrogens is 226 g/mol. The van der Waals surface area contributed by atoms with Crippen LogP contribution in [-0.2, 0) is 0 Å². The molecule has 0 spiro atoms. The van der Waals surface area contributed by atoms with E-state index in [0.29, 0.717) is 12.5 Å². The van der Waals surface area contributed by atoms with Gasteiger partial charge in [-0.3, -0.25) is 10.1 Å². The van der Waals surface area contributed by atoms with E-state index in [1.165, 1.54) is 12.1 Å². The van der Waals surface area contributed by atoms with Crippen LogP contribution in [0.15, 0.2) is 18.2 Å². The van der Waals surface area contributed by atoms with Crippen molar-refractivity contribution in [1.82, 2.24) is 0 Å². The monoisotopic (exact) mass is 237 g/mol. The Hall–Kier alpha value is -2.11. The summed E-state index contributed by atoms with van der Waals surface area (Å²) in [6, 6.07) is 4.03. The second-order valence-electron chi connectivity index (χ2n) is 3.97. The lowest BCUT2D eigenvalue weighted by atomic mass is 10.1. The Morgan fingerprint density at radius 3 is 2.76 bits per heavy atom. The number of carboxylic acids is 1. The minimum atomic E-state index is -1.34. The van der Waals surface area contributed by atoms with Gasteiger partial charge in [0.15, 0.2) is 5.56 Å². The zero-order valence-corrected chi connectivity index (χ0v) is 8.96. The Morgan fingerprint density at radius 1 is 1.53 bits per heavy atom. The fourth-order valence-corrected chi connectivity index (χ4v) is 1.50. The summed E-state index contributed by atoms with van der Waals surface area (Å²) in [5, 5.41) is 19.7. The highest BCUT2D eigenvalue weighted by Crippen LogP contribution is 2.32. The molecule has 0 radical (unpaired) electrons. The van der Waals surface area contributed by atoms with Crippen LogP contribution in [0.3, 0.4) is 0 Å². The van der Waals surface area contributed by atoms with E-state index in [2.05, 4.69) is 0 Å². The van der Waals surface area contributed by atoms with E-state index >= 15 is 0 Å². The van der Waals surface area contributed by atoms with Crippen molar-refractivity contribution in [3.05, 3.63) is 33.9 Å². The third kappa shape index (κ3) is 2.52. The van der Waals surface area contributed by atoms with Gasteiger partial charge in [0.1, 0.15) is 5.75 Å². The van der Waals surface area contributed by atoms with Crippen LogP contribution in [-0.4, -0.2) is 22.6 Å². The van der Waals surface area contributed by atoms with Crippen molar-refractivity contribution in [3.63, 3.8) is 0 Å². The Kier molecular flexibility index (Phi) is 2.95. The average molecular weight is 237 g/mol. The number of benzene rings is 1. The molecule has 1 aliphatic rings. The van der Waals surface area contributed by atoms with E-state index in [9.17, 15) is 14.9 Å². The second-order valence-corrected chi connectivity index (χ2v) is 3.97. The summed E-state index contributed by atoms with van der Waals surface area (Å²) < 4.78 is 5.33. The van der Waals surface area contributed by atoms with E-state index in [1.807, 2.05) is 0 Å². The molecule has 2 rings (SSSR count).